The van der Waals surface area contributed by atoms with Crippen LogP contribution in [0.15, 0.2) is 0 Å². The second kappa shape index (κ2) is 9.13. The van der Waals surface area contributed by atoms with Crippen LogP contribution in [0.2, 0.25) is 0 Å². The highest BCUT2D eigenvalue weighted by Gasteiger charge is 2.10. The number of ether oxygens (including phenoxy) is 1. The Balaban J connectivity index is 3.55. The van der Waals surface area contributed by atoms with Crippen molar-refractivity contribution in [3.8, 4) is 0 Å². The van der Waals surface area contributed by atoms with E-state index < -0.39 is 0 Å². The van der Waals surface area contributed by atoms with Crippen LogP contribution in [-0.2, 0) is 4.74 Å². The van der Waals surface area contributed by atoms with Gasteiger partial charge in [0.05, 0.1) is 6.61 Å². The van der Waals surface area contributed by atoms with Gasteiger partial charge in [-0.1, -0.05) is 20.3 Å². The molecule has 2 atom stereocenters. The molecule has 1 N–H and O–H groups in total. The van der Waals surface area contributed by atoms with Gasteiger partial charge in [-0.15, -0.1) is 0 Å². The molecule has 0 spiro atoms. The van der Waals surface area contributed by atoms with Gasteiger partial charge >= 0.3 is 0 Å². The van der Waals surface area contributed by atoms with Gasteiger partial charge in [0.25, 0.3) is 0 Å². The zero-order chi connectivity index (χ0) is 11.7. The minimum atomic E-state index is 0.593. The fraction of sp³-hybridized carbons (Fsp3) is 1.00. The average Bonchev–Trinajstić information content (AvgIpc) is 2.23. The summed E-state index contributed by atoms with van der Waals surface area (Å²) in [5, 5.41) is 3.39. The first kappa shape index (κ1) is 14.9. The minimum absolute atomic E-state index is 0.593. The fourth-order valence-corrected chi connectivity index (χ4v) is 1.44. The van der Waals surface area contributed by atoms with Gasteiger partial charge < -0.3 is 15.0 Å². The molecule has 0 saturated heterocycles. The highest BCUT2D eigenvalue weighted by Crippen LogP contribution is 2.05. The largest absolute Gasteiger partial charge is 0.383 e. The third kappa shape index (κ3) is 7.77. The van der Waals surface area contributed by atoms with Gasteiger partial charge in [-0.05, 0) is 19.9 Å². The SMILES string of the molecule is CCC(C)CN(C)C(C)CNCCOC. The number of rotatable bonds is 9. The first-order valence-corrected chi connectivity index (χ1v) is 6.01. The minimum Gasteiger partial charge on any atom is -0.383 e. The molecule has 0 fully saturated rings. The van der Waals surface area contributed by atoms with E-state index in [4.69, 9.17) is 4.74 Å². The first-order valence-electron chi connectivity index (χ1n) is 6.01. The predicted octanol–water partition coefficient (Wildman–Crippen LogP) is 1.59. The molecule has 0 radical (unpaired) electrons. The molecule has 0 aliphatic carbocycles. The Morgan fingerprint density at radius 1 is 1.33 bits per heavy atom. The summed E-state index contributed by atoms with van der Waals surface area (Å²) in [6.07, 6.45) is 1.26. The van der Waals surface area contributed by atoms with Crippen LogP contribution < -0.4 is 5.32 Å². The highest BCUT2D eigenvalue weighted by atomic mass is 16.5. The van der Waals surface area contributed by atoms with Crippen LogP contribution in [0.1, 0.15) is 27.2 Å². The van der Waals surface area contributed by atoms with Crippen molar-refractivity contribution in [3.63, 3.8) is 0 Å². The van der Waals surface area contributed by atoms with Gasteiger partial charge in [0.1, 0.15) is 0 Å². The molecule has 3 heteroatoms. The molecule has 0 aromatic heterocycles. The van der Waals surface area contributed by atoms with Gasteiger partial charge in [-0.2, -0.15) is 0 Å². The monoisotopic (exact) mass is 216 g/mol. The molecule has 15 heavy (non-hydrogen) atoms. The maximum Gasteiger partial charge on any atom is 0.0587 e. The standard InChI is InChI=1S/C12H28N2O/c1-6-11(2)10-14(4)12(3)9-13-7-8-15-5/h11-13H,6-10H2,1-5H3. The van der Waals surface area contributed by atoms with Crippen molar-refractivity contribution in [2.45, 2.75) is 33.2 Å². The average molecular weight is 216 g/mol. The number of nitrogens with zero attached hydrogens (tertiary/aromatic N) is 1. The summed E-state index contributed by atoms with van der Waals surface area (Å²) in [6.45, 7) is 10.8. The van der Waals surface area contributed by atoms with E-state index in [0.717, 1.165) is 25.6 Å². The lowest BCUT2D eigenvalue weighted by atomic mass is 10.1. The van der Waals surface area contributed by atoms with Crippen molar-refractivity contribution in [3.05, 3.63) is 0 Å². The Morgan fingerprint density at radius 2 is 2.00 bits per heavy atom. The number of hydrogen-bond donors (Lipinski definition) is 1. The Hall–Kier alpha value is -0.120. The lowest BCUT2D eigenvalue weighted by Crippen LogP contribution is -2.40. The number of likely N-dealkylation sites (N-methyl/N-ethyl adjacent to an activating group) is 1. The second-order valence-electron chi connectivity index (χ2n) is 4.50. The van der Waals surface area contributed by atoms with E-state index in [2.05, 4.69) is 38.0 Å². The topological polar surface area (TPSA) is 24.5 Å². The van der Waals surface area contributed by atoms with E-state index in [-0.39, 0.29) is 0 Å². The van der Waals surface area contributed by atoms with Crippen LogP contribution >= 0.6 is 0 Å². The lowest BCUT2D eigenvalue weighted by molar-refractivity contribution is 0.187. The Bertz CT molecular complexity index is 142. The third-order valence-corrected chi connectivity index (χ3v) is 2.97. The van der Waals surface area contributed by atoms with Crippen LogP contribution in [0.25, 0.3) is 0 Å². The van der Waals surface area contributed by atoms with Crippen LogP contribution in [-0.4, -0.2) is 51.3 Å². The molecule has 2 unspecified atom stereocenters. The molecule has 0 aliphatic heterocycles. The van der Waals surface area contributed by atoms with E-state index in [0.29, 0.717) is 6.04 Å². The normalized spacial score (nSPS) is 15.6. The summed E-state index contributed by atoms with van der Waals surface area (Å²) in [5.41, 5.74) is 0. The molecule has 0 aliphatic rings. The lowest BCUT2D eigenvalue weighted by Gasteiger charge is -2.27. The first-order chi connectivity index (χ1) is 7.11. The molecule has 0 aromatic carbocycles. The quantitative estimate of drug-likeness (QED) is 0.592. The highest BCUT2D eigenvalue weighted by molar-refractivity contribution is 4.68. The van der Waals surface area contributed by atoms with Crippen LogP contribution in [0, 0.1) is 5.92 Å². The number of methoxy groups -OCH3 is 1. The fourth-order valence-electron chi connectivity index (χ4n) is 1.44. The van der Waals surface area contributed by atoms with E-state index in [1.54, 1.807) is 7.11 Å². The van der Waals surface area contributed by atoms with Crippen molar-refractivity contribution < 1.29 is 4.74 Å². The molecule has 92 valence electrons. The van der Waals surface area contributed by atoms with Crippen molar-refractivity contribution in [1.82, 2.24) is 10.2 Å². The van der Waals surface area contributed by atoms with Gasteiger partial charge in [0.2, 0.25) is 0 Å². The Labute approximate surface area is 95.2 Å². The molecule has 0 aromatic rings. The summed E-state index contributed by atoms with van der Waals surface area (Å²) in [5.74, 6) is 0.788. The summed E-state index contributed by atoms with van der Waals surface area (Å²) < 4.78 is 4.99. The van der Waals surface area contributed by atoms with Gasteiger partial charge in [0.15, 0.2) is 0 Å². The second-order valence-corrected chi connectivity index (χ2v) is 4.50. The van der Waals surface area contributed by atoms with E-state index in [9.17, 15) is 0 Å². The Kier molecular flexibility index (Phi) is 9.06. The van der Waals surface area contributed by atoms with Crippen molar-refractivity contribution >= 4 is 0 Å². The van der Waals surface area contributed by atoms with Crippen molar-refractivity contribution in [2.24, 2.45) is 5.92 Å². The van der Waals surface area contributed by atoms with Crippen LogP contribution in [0.3, 0.4) is 0 Å². The summed E-state index contributed by atoms with van der Waals surface area (Å²) in [6, 6.07) is 0.593. The third-order valence-electron chi connectivity index (χ3n) is 2.97. The maximum atomic E-state index is 4.99. The smallest absolute Gasteiger partial charge is 0.0587 e. The zero-order valence-electron chi connectivity index (χ0n) is 11.0. The molecular weight excluding hydrogens is 188 g/mol. The van der Waals surface area contributed by atoms with Gasteiger partial charge in [0, 0.05) is 32.8 Å². The van der Waals surface area contributed by atoms with Crippen LogP contribution in [0.4, 0.5) is 0 Å². The van der Waals surface area contributed by atoms with Crippen molar-refractivity contribution in [2.75, 3.05) is 40.4 Å². The molecular formula is C12H28N2O. The summed E-state index contributed by atoms with van der Waals surface area (Å²) >= 11 is 0. The van der Waals surface area contributed by atoms with Crippen molar-refractivity contribution in [1.29, 1.82) is 0 Å². The Morgan fingerprint density at radius 3 is 2.53 bits per heavy atom. The number of nitrogens with one attached hydrogen (secondary N) is 1. The maximum absolute atomic E-state index is 4.99. The number of hydrogen-bond acceptors (Lipinski definition) is 3. The van der Waals surface area contributed by atoms with Crippen LogP contribution in [0.5, 0.6) is 0 Å². The zero-order valence-corrected chi connectivity index (χ0v) is 11.0. The predicted molar refractivity (Wildman–Crippen MR) is 66.3 cm³/mol. The molecule has 0 amide bonds. The summed E-state index contributed by atoms with van der Waals surface area (Å²) in [7, 11) is 3.94. The van der Waals surface area contributed by atoms with E-state index in [1.165, 1.54) is 13.0 Å². The van der Waals surface area contributed by atoms with E-state index >= 15 is 0 Å². The molecule has 0 heterocycles. The van der Waals surface area contributed by atoms with Gasteiger partial charge in [-0.3, -0.25) is 0 Å². The molecule has 0 rings (SSSR count). The summed E-state index contributed by atoms with van der Waals surface area (Å²) in [4.78, 5) is 2.42. The molecule has 3 nitrogen and oxygen atoms in total. The van der Waals surface area contributed by atoms with E-state index in [1.807, 2.05) is 0 Å². The van der Waals surface area contributed by atoms with Gasteiger partial charge in [-0.25, -0.2) is 0 Å². The molecule has 0 bridgehead atoms. The molecule has 0 saturated carbocycles.